The van der Waals surface area contributed by atoms with Gasteiger partial charge in [0.1, 0.15) is 16.8 Å². The summed E-state index contributed by atoms with van der Waals surface area (Å²) < 4.78 is 5.41. The van der Waals surface area contributed by atoms with Crippen LogP contribution in [0, 0.1) is 6.92 Å². The first-order chi connectivity index (χ1) is 10.5. The summed E-state index contributed by atoms with van der Waals surface area (Å²) in [6.45, 7) is 3.37. The molecular formula is C16H12N2O4. The molecule has 6 nitrogen and oxygen atoms in total. The molecule has 0 bridgehead atoms. The maximum absolute atomic E-state index is 12.1. The second-order valence-electron chi connectivity index (χ2n) is 4.81. The van der Waals surface area contributed by atoms with Gasteiger partial charge in [0.2, 0.25) is 0 Å². The Labute approximate surface area is 125 Å². The fraction of sp³-hybridized carbons (Fsp3) is 0.125. The number of oxime groups is 1. The zero-order chi connectivity index (χ0) is 15.7. The van der Waals surface area contributed by atoms with E-state index in [-0.39, 0.29) is 11.3 Å². The molecule has 0 radical (unpaired) electrons. The number of rotatable bonds is 2. The van der Waals surface area contributed by atoms with E-state index in [1.54, 1.807) is 38.1 Å². The number of fused-ring (bicyclic) bond motifs is 1. The number of aryl methyl sites for hydroxylation is 1. The van der Waals surface area contributed by atoms with Gasteiger partial charge in [0.15, 0.2) is 17.3 Å². The highest BCUT2D eigenvalue weighted by Gasteiger charge is 2.16. The van der Waals surface area contributed by atoms with Gasteiger partial charge in [-0.1, -0.05) is 11.2 Å². The number of hydrogen-bond donors (Lipinski definition) is 0. The molecule has 2 aromatic rings. The van der Waals surface area contributed by atoms with E-state index in [2.05, 4.69) is 10.1 Å². The van der Waals surface area contributed by atoms with Crippen LogP contribution in [0.1, 0.15) is 23.2 Å². The number of hydrogen-bond acceptors (Lipinski definition) is 6. The Bertz CT molecular complexity index is 871. The van der Waals surface area contributed by atoms with E-state index in [1.807, 2.05) is 0 Å². The van der Waals surface area contributed by atoms with Crippen molar-refractivity contribution < 1.29 is 18.8 Å². The van der Waals surface area contributed by atoms with Gasteiger partial charge in [-0.3, -0.25) is 4.79 Å². The average molecular weight is 296 g/mol. The lowest BCUT2D eigenvalue weighted by molar-refractivity contribution is -0.111. The number of aromatic nitrogens is 1. The standard InChI is InChI=1S/C16H12N2O4/c1-9-8-11(6-7-14(9)19)18-22-16(20)12-4-3-5-13-15(12)21-10(2)17-13/h3-8H,1-2H3/b18-11+. The Balaban J connectivity index is 1.85. The van der Waals surface area contributed by atoms with E-state index in [0.717, 1.165) is 0 Å². The number of carbonyl (C=O) groups is 2. The minimum atomic E-state index is -0.648. The molecule has 110 valence electrons. The third-order valence-corrected chi connectivity index (χ3v) is 3.13. The Morgan fingerprint density at radius 2 is 2.09 bits per heavy atom. The van der Waals surface area contributed by atoms with Crippen molar-refractivity contribution in [3.05, 3.63) is 53.5 Å². The van der Waals surface area contributed by atoms with Gasteiger partial charge in [0.25, 0.3) is 0 Å². The Hall–Kier alpha value is -3.02. The predicted octanol–water partition coefficient (Wildman–Crippen LogP) is 2.73. The fourth-order valence-electron chi connectivity index (χ4n) is 2.05. The molecule has 0 amide bonds. The second-order valence-corrected chi connectivity index (χ2v) is 4.81. The zero-order valence-electron chi connectivity index (χ0n) is 12.0. The van der Waals surface area contributed by atoms with Crippen molar-refractivity contribution >= 4 is 28.6 Å². The van der Waals surface area contributed by atoms with E-state index in [1.165, 1.54) is 12.2 Å². The van der Waals surface area contributed by atoms with Crippen LogP contribution in [0.25, 0.3) is 11.1 Å². The zero-order valence-corrected chi connectivity index (χ0v) is 12.0. The summed E-state index contributed by atoms with van der Waals surface area (Å²) in [4.78, 5) is 32.5. The first kappa shape index (κ1) is 13.9. The smallest absolute Gasteiger partial charge is 0.369 e. The van der Waals surface area contributed by atoms with Crippen molar-refractivity contribution in [1.82, 2.24) is 4.98 Å². The fourth-order valence-corrected chi connectivity index (χ4v) is 2.05. The van der Waals surface area contributed by atoms with Crippen molar-refractivity contribution in [2.75, 3.05) is 0 Å². The van der Waals surface area contributed by atoms with Crippen LogP contribution < -0.4 is 0 Å². The van der Waals surface area contributed by atoms with Crippen LogP contribution in [-0.4, -0.2) is 22.4 Å². The summed E-state index contributed by atoms with van der Waals surface area (Å²) in [6.07, 6.45) is 4.42. The minimum Gasteiger partial charge on any atom is -0.440 e. The number of para-hydroxylation sites is 1. The molecule has 0 aliphatic heterocycles. The monoisotopic (exact) mass is 296 g/mol. The third kappa shape index (κ3) is 2.58. The number of carbonyl (C=O) groups excluding carboxylic acids is 2. The van der Waals surface area contributed by atoms with Crippen LogP contribution in [0.3, 0.4) is 0 Å². The molecule has 6 heteroatoms. The molecule has 1 aromatic carbocycles. The molecule has 0 unspecified atom stereocenters. The molecule has 1 heterocycles. The van der Waals surface area contributed by atoms with E-state index in [4.69, 9.17) is 9.25 Å². The Kier molecular flexibility index (Phi) is 3.42. The normalized spacial score (nSPS) is 16.2. The number of ketones is 1. The van der Waals surface area contributed by atoms with Crippen LogP contribution in [0.15, 0.2) is 51.6 Å². The van der Waals surface area contributed by atoms with Gasteiger partial charge in [-0.05, 0) is 42.9 Å². The summed E-state index contributed by atoms with van der Waals surface area (Å²) in [5.74, 6) is -0.272. The third-order valence-electron chi connectivity index (χ3n) is 3.13. The SMILES string of the molecule is CC1=C/C(=N/OC(=O)c2cccc3nc(C)oc23)C=CC1=O. The molecule has 3 rings (SSSR count). The quantitative estimate of drug-likeness (QED) is 0.483. The number of benzene rings is 1. The maximum atomic E-state index is 12.1. The van der Waals surface area contributed by atoms with Gasteiger partial charge < -0.3 is 9.25 Å². The molecule has 0 saturated heterocycles. The molecular weight excluding hydrogens is 284 g/mol. The van der Waals surface area contributed by atoms with E-state index < -0.39 is 5.97 Å². The van der Waals surface area contributed by atoms with Crippen molar-refractivity contribution in [3.63, 3.8) is 0 Å². The number of oxazole rings is 1. The molecule has 0 saturated carbocycles. The van der Waals surface area contributed by atoms with Gasteiger partial charge in [0, 0.05) is 6.92 Å². The predicted molar refractivity (Wildman–Crippen MR) is 79.5 cm³/mol. The summed E-state index contributed by atoms with van der Waals surface area (Å²) in [7, 11) is 0. The molecule has 0 N–H and O–H groups in total. The van der Waals surface area contributed by atoms with Gasteiger partial charge >= 0.3 is 5.97 Å². The van der Waals surface area contributed by atoms with Gasteiger partial charge in [-0.2, -0.15) is 0 Å². The minimum absolute atomic E-state index is 0.0906. The highest BCUT2D eigenvalue weighted by Crippen LogP contribution is 2.20. The topological polar surface area (TPSA) is 81.8 Å². The summed E-state index contributed by atoms with van der Waals surface area (Å²) in [5.41, 5.74) is 2.13. The first-order valence-electron chi connectivity index (χ1n) is 6.61. The van der Waals surface area contributed by atoms with Crippen molar-refractivity contribution in [2.45, 2.75) is 13.8 Å². The summed E-state index contributed by atoms with van der Waals surface area (Å²) in [6, 6.07) is 5.02. The van der Waals surface area contributed by atoms with Crippen LogP contribution >= 0.6 is 0 Å². The van der Waals surface area contributed by atoms with Crippen molar-refractivity contribution in [1.29, 1.82) is 0 Å². The van der Waals surface area contributed by atoms with E-state index >= 15 is 0 Å². The molecule has 0 fully saturated rings. The molecule has 1 aliphatic carbocycles. The molecule has 1 aliphatic rings. The van der Waals surface area contributed by atoms with Crippen LogP contribution in [0.5, 0.6) is 0 Å². The summed E-state index contributed by atoms with van der Waals surface area (Å²) in [5, 5.41) is 3.75. The van der Waals surface area contributed by atoms with Crippen LogP contribution in [0.4, 0.5) is 0 Å². The molecule has 22 heavy (non-hydrogen) atoms. The Morgan fingerprint density at radius 1 is 1.27 bits per heavy atom. The largest absolute Gasteiger partial charge is 0.440 e. The highest BCUT2D eigenvalue weighted by atomic mass is 16.7. The lowest BCUT2D eigenvalue weighted by atomic mass is 10.1. The number of allylic oxidation sites excluding steroid dienone is 4. The number of nitrogens with zero attached hydrogens (tertiary/aromatic N) is 2. The van der Waals surface area contributed by atoms with Crippen molar-refractivity contribution in [2.24, 2.45) is 5.16 Å². The van der Waals surface area contributed by atoms with Gasteiger partial charge in [-0.25, -0.2) is 9.78 Å². The molecule has 0 spiro atoms. The van der Waals surface area contributed by atoms with Gasteiger partial charge in [0.05, 0.1) is 0 Å². The lowest BCUT2D eigenvalue weighted by Gasteiger charge is -2.03. The second kappa shape index (κ2) is 5.40. The lowest BCUT2D eigenvalue weighted by Crippen LogP contribution is -2.07. The maximum Gasteiger partial charge on any atom is 0.369 e. The van der Waals surface area contributed by atoms with Crippen molar-refractivity contribution in [3.8, 4) is 0 Å². The first-order valence-corrected chi connectivity index (χ1v) is 6.61. The van der Waals surface area contributed by atoms with Crippen LogP contribution in [0.2, 0.25) is 0 Å². The van der Waals surface area contributed by atoms with E-state index in [9.17, 15) is 9.59 Å². The van der Waals surface area contributed by atoms with Crippen LogP contribution in [-0.2, 0) is 9.63 Å². The highest BCUT2D eigenvalue weighted by molar-refractivity contribution is 6.19. The summed E-state index contributed by atoms with van der Waals surface area (Å²) >= 11 is 0. The van der Waals surface area contributed by atoms with Gasteiger partial charge in [-0.15, -0.1) is 0 Å². The molecule has 1 aromatic heterocycles. The Morgan fingerprint density at radius 3 is 2.86 bits per heavy atom. The molecule has 0 atom stereocenters. The van der Waals surface area contributed by atoms with E-state index in [0.29, 0.717) is 28.3 Å². The average Bonchev–Trinajstić information content (AvgIpc) is 2.88.